The molecule has 25 heavy (non-hydrogen) atoms. The number of hydrogen-bond acceptors (Lipinski definition) is 3. The van der Waals surface area contributed by atoms with Gasteiger partial charge in [-0.25, -0.2) is 0 Å². The molecule has 3 rings (SSSR count). The number of carbonyl (C=O) groups is 2. The molecular formula is C19H17BrN2O3. The van der Waals surface area contributed by atoms with E-state index >= 15 is 0 Å². The zero-order valence-corrected chi connectivity index (χ0v) is 15.2. The normalized spacial score (nSPS) is 10.6. The lowest BCUT2D eigenvalue weighted by Gasteiger charge is -2.09. The molecule has 0 aliphatic rings. The number of halogens is 1. The van der Waals surface area contributed by atoms with Crippen molar-refractivity contribution < 1.29 is 14.0 Å². The Bertz CT molecular complexity index is 933. The van der Waals surface area contributed by atoms with Gasteiger partial charge < -0.3 is 15.1 Å². The first kappa shape index (κ1) is 17.2. The molecule has 2 N–H and O–H groups in total. The van der Waals surface area contributed by atoms with Crippen LogP contribution in [0.2, 0.25) is 0 Å². The Hall–Kier alpha value is -2.60. The maximum atomic E-state index is 12.2. The van der Waals surface area contributed by atoms with Crippen molar-refractivity contribution in [3.63, 3.8) is 0 Å². The second kappa shape index (κ2) is 7.53. The van der Waals surface area contributed by atoms with E-state index in [0.717, 1.165) is 27.5 Å². The number of carbonyl (C=O) groups excluding carboxylic acids is 2. The van der Waals surface area contributed by atoms with E-state index in [1.807, 2.05) is 49.4 Å². The molecule has 3 aromatic rings. The topological polar surface area (TPSA) is 71.3 Å². The van der Waals surface area contributed by atoms with Gasteiger partial charge in [-0.3, -0.25) is 9.59 Å². The van der Waals surface area contributed by atoms with Crippen molar-refractivity contribution in [2.75, 3.05) is 11.9 Å². The molecule has 5 nitrogen and oxygen atoms in total. The summed E-state index contributed by atoms with van der Waals surface area (Å²) in [4.78, 5) is 24.3. The summed E-state index contributed by atoms with van der Waals surface area (Å²) in [5, 5.41) is 6.21. The second-order valence-electron chi connectivity index (χ2n) is 5.51. The molecule has 1 heterocycles. The Morgan fingerprint density at radius 1 is 1.12 bits per heavy atom. The van der Waals surface area contributed by atoms with Gasteiger partial charge in [-0.2, -0.15) is 0 Å². The van der Waals surface area contributed by atoms with E-state index in [-0.39, 0.29) is 18.2 Å². The van der Waals surface area contributed by atoms with Crippen molar-refractivity contribution >= 4 is 44.4 Å². The standard InChI is InChI=1S/C19H17BrN2O3/c1-2-12-6-3-4-9-15(12)22-17(23)11-21-19(24)16-10-13-7-5-8-14(20)18(13)25-16/h3-10H,2,11H2,1H3,(H,21,24)(H,22,23). The van der Waals surface area contributed by atoms with Crippen molar-refractivity contribution in [3.05, 3.63) is 64.3 Å². The largest absolute Gasteiger partial charge is 0.450 e. The van der Waals surface area contributed by atoms with E-state index in [9.17, 15) is 9.59 Å². The highest BCUT2D eigenvalue weighted by Gasteiger charge is 2.15. The molecule has 2 amide bonds. The Kier molecular flexibility index (Phi) is 5.19. The molecule has 0 aliphatic carbocycles. The quantitative estimate of drug-likeness (QED) is 0.676. The van der Waals surface area contributed by atoms with Crippen LogP contribution in [0.3, 0.4) is 0 Å². The Labute approximate surface area is 153 Å². The fourth-order valence-electron chi connectivity index (χ4n) is 2.53. The lowest BCUT2D eigenvalue weighted by molar-refractivity contribution is -0.115. The van der Waals surface area contributed by atoms with Gasteiger partial charge in [-0.05, 0) is 46.1 Å². The van der Waals surface area contributed by atoms with E-state index in [1.54, 1.807) is 6.07 Å². The Morgan fingerprint density at radius 2 is 1.92 bits per heavy atom. The van der Waals surface area contributed by atoms with Crippen LogP contribution in [0.15, 0.2) is 57.4 Å². The molecule has 0 saturated carbocycles. The van der Waals surface area contributed by atoms with Gasteiger partial charge in [0.05, 0.1) is 11.0 Å². The molecule has 0 aliphatic heterocycles. The van der Waals surface area contributed by atoms with Crippen molar-refractivity contribution in [1.29, 1.82) is 0 Å². The summed E-state index contributed by atoms with van der Waals surface area (Å²) in [5.41, 5.74) is 2.41. The first-order chi connectivity index (χ1) is 12.1. The van der Waals surface area contributed by atoms with Crippen molar-refractivity contribution in [3.8, 4) is 0 Å². The van der Waals surface area contributed by atoms with Gasteiger partial charge in [-0.15, -0.1) is 0 Å². The Morgan fingerprint density at radius 3 is 2.68 bits per heavy atom. The highest BCUT2D eigenvalue weighted by Crippen LogP contribution is 2.26. The molecule has 0 atom stereocenters. The van der Waals surface area contributed by atoms with Crippen LogP contribution in [0.25, 0.3) is 11.0 Å². The van der Waals surface area contributed by atoms with Crippen molar-refractivity contribution in [2.24, 2.45) is 0 Å². The van der Waals surface area contributed by atoms with Gasteiger partial charge in [0.25, 0.3) is 5.91 Å². The molecule has 0 radical (unpaired) electrons. The maximum Gasteiger partial charge on any atom is 0.287 e. The molecule has 6 heteroatoms. The molecule has 0 saturated heterocycles. The van der Waals surface area contributed by atoms with Gasteiger partial charge in [0.15, 0.2) is 5.76 Å². The van der Waals surface area contributed by atoms with Gasteiger partial charge in [-0.1, -0.05) is 37.3 Å². The Balaban J connectivity index is 1.63. The summed E-state index contributed by atoms with van der Waals surface area (Å²) in [6.45, 7) is 1.89. The average molecular weight is 401 g/mol. The van der Waals surface area contributed by atoms with Crippen LogP contribution in [0.1, 0.15) is 23.0 Å². The number of fused-ring (bicyclic) bond motifs is 1. The maximum absolute atomic E-state index is 12.2. The van der Waals surface area contributed by atoms with Gasteiger partial charge in [0.1, 0.15) is 5.58 Å². The zero-order valence-electron chi connectivity index (χ0n) is 13.6. The molecule has 0 fully saturated rings. The second-order valence-corrected chi connectivity index (χ2v) is 6.36. The molecule has 1 aromatic heterocycles. The zero-order chi connectivity index (χ0) is 17.8. The molecule has 0 unspecified atom stereocenters. The number of furan rings is 1. The smallest absolute Gasteiger partial charge is 0.287 e. The fraction of sp³-hybridized carbons (Fsp3) is 0.158. The van der Waals surface area contributed by atoms with Crippen LogP contribution in [0, 0.1) is 0 Å². The van der Waals surface area contributed by atoms with Crippen LogP contribution in [-0.2, 0) is 11.2 Å². The van der Waals surface area contributed by atoms with Crippen LogP contribution in [0.4, 0.5) is 5.69 Å². The minimum Gasteiger partial charge on any atom is -0.450 e. The number of anilines is 1. The number of para-hydroxylation sites is 2. The van der Waals surface area contributed by atoms with E-state index in [1.165, 1.54) is 0 Å². The number of benzene rings is 2. The molecule has 0 spiro atoms. The minimum absolute atomic E-state index is 0.130. The summed E-state index contributed by atoms with van der Waals surface area (Å²) < 4.78 is 6.33. The third kappa shape index (κ3) is 3.91. The molecule has 128 valence electrons. The highest BCUT2D eigenvalue weighted by atomic mass is 79.9. The van der Waals surface area contributed by atoms with Gasteiger partial charge in [0.2, 0.25) is 5.91 Å². The number of rotatable bonds is 5. The number of aryl methyl sites for hydroxylation is 1. The lowest BCUT2D eigenvalue weighted by Crippen LogP contribution is -2.32. The summed E-state index contributed by atoms with van der Waals surface area (Å²) in [6.07, 6.45) is 0.816. The summed E-state index contributed by atoms with van der Waals surface area (Å²) in [5.74, 6) is -0.544. The van der Waals surface area contributed by atoms with Crippen LogP contribution >= 0.6 is 15.9 Å². The van der Waals surface area contributed by atoms with E-state index in [2.05, 4.69) is 26.6 Å². The van der Waals surface area contributed by atoms with Crippen molar-refractivity contribution in [2.45, 2.75) is 13.3 Å². The molecule has 0 bridgehead atoms. The van der Waals surface area contributed by atoms with Crippen molar-refractivity contribution in [1.82, 2.24) is 5.32 Å². The predicted octanol–water partition coefficient (Wildman–Crippen LogP) is 4.13. The van der Waals surface area contributed by atoms with Crippen LogP contribution in [0.5, 0.6) is 0 Å². The number of amides is 2. The summed E-state index contributed by atoms with van der Waals surface area (Å²) >= 11 is 3.38. The third-order valence-electron chi connectivity index (χ3n) is 3.80. The highest BCUT2D eigenvalue weighted by molar-refractivity contribution is 9.10. The third-order valence-corrected chi connectivity index (χ3v) is 4.43. The minimum atomic E-state index is -0.429. The van der Waals surface area contributed by atoms with Crippen LogP contribution < -0.4 is 10.6 Å². The monoisotopic (exact) mass is 400 g/mol. The molecule has 2 aromatic carbocycles. The van der Waals surface area contributed by atoms with E-state index in [0.29, 0.717) is 5.58 Å². The number of hydrogen-bond donors (Lipinski definition) is 2. The first-order valence-electron chi connectivity index (χ1n) is 7.92. The predicted molar refractivity (Wildman–Crippen MR) is 101 cm³/mol. The van der Waals surface area contributed by atoms with Gasteiger partial charge in [0, 0.05) is 11.1 Å². The molecular weight excluding hydrogens is 384 g/mol. The summed E-state index contributed by atoms with van der Waals surface area (Å²) in [7, 11) is 0. The SMILES string of the molecule is CCc1ccccc1NC(=O)CNC(=O)c1cc2cccc(Br)c2o1. The summed E-state index contributed by atoms with van der Waals surface area (Å²) in [6, 6.07) is 14.8. The van der Waals surface area contributed by atoms with Gasteiger partial charge >= 0.3 is 0 Å². The average Bonchev–Trinajstić information content (AvgIpc) is 3.06. The lowest BCUT2D eigenvalue weighted by atomic mass is 10.1. The number of nitrogens with one attached hydrogen (secondary N) is 2. The fourth-order valence-corrected chi connectivity index (χ4v) is 2.99. The van der Waals surface area contributed by atoms with Crippen LogP contribution in [-0.4, -0.2) is 18.4 Å². The van der Waals surface area contributed by atoms with E-state index in [4.69, 9.17) is 4.42 Å². The van der Waals surface area contributed by atoms with E-state index < -0.39 is 5.91 Å². The first-order valence-corrected chi connectivity index (χ1v) is 8.71.